The number of methoxy groups -OCH3 is 1. The number of halogens is 1. The molecular formula is C10H19IO2S. The minimum atomic E-state index is 0.731. The molecule has 4 heteroatoms. The van der Waals surface area contributed by atoms with E-state index in [0.29, 0.717) is 0 Å². The van der Waals surface area contributed by atoms with Crippen molar-refractivity contribution in [1.29, 1.82) is 0 Å². The Morgan fingerprint density at radius 2 is 1.79 bits per heavy atom. The van der Waals surface area contributed by atoms with Gasteiger partial charge in [0.1, 0.15) is 9.21 Å². The molecule has 0 atom stereocenters. The number of allylic oxidation sites excluding steroid dienone is 1. The second-order valence-corrected chi connectivity index (χ2v) is 4.17. The van der Waals surface area contributed by atoms with Gasteiger partial charge in [0.2, 0.25) is 0 Å². The number of hydrogen-bond donors (Lipinski definition) is 0. The van der Waals surface area contributed by atoms with Crippen molar-refractivity contribution in [3.05, 3.63) is 11.5 Å². The van der Waals surface area contributed by atoms with Gasteiger partial charge in [0.25, 0.3) is 5.95 Å². The first-order valence-electron chi connectivity index (χ1n) is 5.09. The largest absolute Gasteiger partial charge is 0.468 e. The summed E-state index contributed by atoms with van der Waals surface area (Å²) in [5.41, 5.74) is 1.34. The Bertz CT molecular complexity index is 158. The molecule has 0 N–H and O–H groups in total. The fraction of sp³-hybridized carbons (Fsp3) is 0.800. The van der Waals surface area contributed by atoms with Crippen molar-refractivity contribution in [3.8, 4) is 0 Å². The second-order valence-electron chi connectivity index (χ2n) is 2.80. The van der Waals surface area contributed by atoms with Crippen molar-refractivity contribution in [2.24, 2.45) is 0 Å². The molecule has 2 nitrogen and oxygen atoms in total. The highest BCUT2D eigenvalue weighted by molar-refractivity contribution is 14.2. The predicted molar refractivity (Wildman–Crippen MR) is 71.2 cm³/mol. The Morgan fingerprint density at radius 3 is 2.21 bits per heavy atom. The number of ether oxygens (including phenoxy) is 1. The fourth-order valence-corrected chi connectivity index (χ4v) is 2.18. The zero-order valence-electron chi connectivity index (χ0n) is 9.14. The molecule has 1 fully saturated rings. The summed E-state index contributed by atoms with van der Waals surface area (Å²) in [5, 5.41) is 0. The van der Waals surface area contributed by atoms with Crippen molar-refractivity contribution in [1.82, 2.24) is 0 Å². The van der Waals surface area contributed by atoms with Gasteiger partial charge in [0.05, 0.1) is 7.11 Å². The van der Waals surface area contributed by atoms with Crippen LogP contribution in [0.5, 0.6) is 0 Å². The zero-order valence-corrected chi connectivity index (χ0v) is 12.1. The van der Waals surface area contributed by atoms with Gasteiger partial charge in [0.15, 0.2) is 0 Å². The second kappa shape index (κ2) is 9.96. The van der Waals surface area contributed by atoms with Crippen molar-refractivity contribution < 1.29 is 8.92 Å². The molecule has 0 unspecified atom stereocenters. The van der Waals surface area contributed by atoms with Crippen LogP contribution in [0.25, 0.3) is 0 Å². The van der Waals surface area contributed by atoms with Crippen LogP contribution < -0.4 is 0 Å². The summed E-state index contributed by atoms with van der Waals surface area (Å²) in [7, 11) is 2.99. The van der Waals surface area contributed by atoms with Crippen LogP contribution in [0.15, 0.2) is 11.5 Å². The van der Waals surface area contributed by atoms with Crippen molar-refractivity contribution >= 4 is 30.4 Å². The highest BCUT2D eigenvalue weighted by atomic mass is 127. The zero-order chi connectivity index (χ0) is 10.8. The molecule has 84 valence electrons. The fourth-order valence-electron chi connectivity index (χ4n) is 1.45. The first kappa shape index (κ1) is 14.4. The summed E-state index contributed by atoms with van der Waals surface area (Å²) in [5.74, 6) is 0.731. The molecular weight excluding hydrogens is 311 g/mol. The van der Waals surface area contributed by atoms with Crippen LogP contribution in [0, 0.1) is 0 Å². The van der Waals surface area contributed by atoms with Gasteiger partial charge in [-0.3, -0.25) is 0 Å². The van der Waals surface area contributed by atoms with E-state index in [9.17, 15) is 0 Å². The smallest absolute Gasteiger partial charge is 0.291 e. The normalized spacial score (nSPS) is 15.3. The molecule has 0 aliphatic heterocycles. The van der Waals surface area contributed by atoms with Gasteiger partial charge in [-0.05, 0) is 25.7 Å². The van der Waals surface area contributed by atoms with Crippen LogP contribution in [0.3, 0.4) is 0 Å². The van der Waals surface area contributed by atoms with E-state index in [2.05, 4.69) is 21.2 Å². The molecule has 1 rings (SSSR count). The average Bonchev–Trinajstić information content (AvgIpc) is 2.30. The van der Waals surface area contributed by atoms with Gasteiger partial charge >= 0.3 is 0 Å². The van der Waals surface area contributed by atoms with Gasteiger partial charge in [-0.1, -0.05) is 20.3 Å². The van der Waals surface area contributed by atoms with Crippen LogP contribution in [-0.2, 0) is 8.92 Å². The third-order valence-corrected chi connectivity index (χ3v) is 2.79. The summed E-state index contributed by atoms with van der Waals surface area (Å²) >= 11 is 2.10. The highest BCUT2D eigenvalue weighted by Crippen LogP contribution is 2.29. The Labute approximate surface area is 104 Å². The van der Waals surface area contributed by atoms with Crippen LogP contribution in [0.1, 0.15) is 46.0 Å². The van der Waals surface area contributed by atoms with Gasteiger partial charge in [-0.2, -0.15) is 0 Å². The van der Waals surface area contributed by atoms with Gasteiger partial charge in [0, 0.05) is 26.8 Å². The Kier molecular flexibility index (Phi) is 10.3. The van der Waals surface area contributed by atoms with Gasteiger partial charge in [-0.25, -0.2) is 0 Å². The van der Waals surface area contributed by atoms with Gasteiger partial charge < -0.3 is 8.92 Å². The van der Waals surface area contributed by atoms with E-state index in [1.165, 1.54) is 34.0 Å². The molecule has 0 heterocycles. The third kappa shape index (κ3) is 5.34. The minimum Gasteiger partial charge on any atom is -0.468 e. The molecule has 0 radical (unpaired) electrons. The topological polar surface area (TPSA) is 18.5 Å². The van der Waals surface area contributed by atoms with E-state index in [-0.39, 0.29) is 0 Å². The molecule has 14 heavy (non-hydrogen) atoms. The monoisotopic (exact) mass is 330 g/mol. The molecule has 0 aromatic rings. The lowest BCUT2D eigenvalue weighted by Crippen LogP contribution is -2.00. The lowest BCUT2D eigenvalue weighted by atomic mass is 9.96. The van der Waals surface area contributed by atoms with Crippen molar-refractivity contribution in [2.45, 2.75) is 46.0 Å². The standard InChI is InChI=1S/C8H13IO2S.C2H6/c1-10-8(11-12-9)7-5-3-2-4-6-7;1-2/h2-6H2,1H3;1-2H3. The van der Waals surface area contributed by atoms with E-state index in [0.717, 1.165) is 18.8 Å². The summed E-state index contributed by atoms with van der Waals surface area (Å²) in [6.07, 6.45) is 6.17. The predicted octanol–water partition coefficient (Wildman–Crippen LogP) is 4.85. The summed E-state index contributed by atoms with van der Waals surface area (Å²) in [6.45, 7) is 4.00. The number of rotatable bonds is 3. The first-order chi connectivity index (χ1) is 6.88. The van der Waals surface area contributed by atoms with Gasteiger partial charge in [-0.15, -0.1) is 0 Å². The highest BCUT2D eigenvalue weighted by Gasteiger charge is 2.13. The van der Waals surface area contributed by atoms with Crippen LogP contribution in [0.4, 0.5) is 0 Å². The van der Waals surface area contributed by atoms with E-state index >= 15 is 0 Å². The molecule has 0 bridgehead atoms. The Balaban J connectivity index is 0.000000791. The molecule has 1 aliphatic rings. The Hall–Kier alpha value is 0.420. The van der Waals surface area contributed by atoms with E-state index in [4.69, 9.17) is 8.92 Å². The van der Waals surface area contributed by atoms with E-state index in [1.54, 1.807) is 7.11 Å². The molecule has 0 spiro atoms. The summed E-state index contributed by atoms with van der Waals surface area (Å²) < 4.78 is 10.5. The van der Waals surface area contributed by atoms with Crippen molar-refractivity contribution in [2.75, 3.05) is 7.11 Å². The summed E-state index contributed by atoms with van der Waals surface area (Å²) in [4.78, 5) is 0. The summed E-state index contributed by atoms with van der Waals surface area (Å²) in [6, 6.07) is 0. The third-order valence-electron chi connectivity index (χ3n) is 2.04. The number of hydrogen-bond acceptors (Lipinski definition) is 3. The van der Waals surface area contributed by atoms with E-state index in [1.807, 2.05) is 13.8 Å². The maximum Gasteiger partial charge on any atom is 0.291 e. The maximum absolute atomic E-state index is 5.29. The molecule has 1 aliphatic carbocycles. The lowest BCUT2D eigenvalue weighted by Gasteiger charge is -2.16. The molecule has 0 saturated heterocycles. The quantitative estimate of drug-likeness (QED) is 0.419. The molecule has 0 aromatic carbocycles. The first-order valence-corrected chi connectivity index (χ1v) is 8.38. The maximum atomic E-state index is 5.29. The molecule has 0 aromatic heterocycles. The minimum absolute atomic E-state index is 0.731. The Morgan fingerprint density at radius 1 is 1.21 bits per heavy atom. The van der Waals surface area contributed by atoms with E-state index < -0.39 is 0 Å². The average molecular weight is 330 g/mol. The molecule has 1 saturated carbocycles. The molecule has 0 amide bonds. The van der Waals surface area contributed by atoms with Crippen molar-refractivity contribution in [3.63, 3.8) is 0 Å². The van der Waals surface area contributed by atoms with Crippen LogP contribution >= 0.6 is 30.4 Å². The van der Waals surface area contributed by atoms with Crippen LogP contribution in [0.2, 0.25) is 0 Å². The lowest BCUT2D eigenvalue weighted by molar-refractivity contribution is 0.161. The van der Waals surface area contributed by atoms with Crippen LogP contribution in [-0.4, -0.2) is 7.11 Å². The SMILES string of the molecule is CC.COC(OSI)=C1CCCCC1.